The molecule has 0 aromatic rings. The first-order chi connectivity index (χ1) is 8.70. The van der Waals surface area contributed by atoms with Crippen LogP contribution in [-0.2, 0) is 9.53 Å². The number of esters is 1. The van der Waals surface area contributed by atoms with Crippen molar-refractivity contribution in [1.29, 1.82) is 0 Å². The van der Waals surface area contributed by atoms with E-state index in [0.717, 1.165) is 19.3 Å². The first-order valence-corrected chi connectivity index (χ1v) is 7.09. The van der Waals surface area contributed by atoms with E-state index in [1.165, 1.54) is 25.7 Å². The smallest absolute Gasteiger partial charge is 0.305 e. The number of carbonyl (C=O) groups is 1. The minimum absolute atomic E-state index is 0.0737. The van der Waals surface area contributed by atoms with Gasteiger partial charge in [0.2, 0.25) is 0 Å². The third-order valence-corrected chi connectivity index (χ3v) is 2.95. The SMILES string of the molecule is C=CCCCCCCCCC(=O)OCC(C)C=C. The summed E-state index contributed by atoms with van der Waals surface area (Å²) in [5.74, 6) is 0.175. The molecule has 0 aromatic heterocycles. The molecule has 0 aliphatic rings. The number of hydrogen-bond donors (Lipinski definition) is 0. The van der Waals surface area contributed by atoms with Gasteiger partial charge in [-0.3, -0.25) is 4.79 Å². The molecule has 0 spiro atoms. The highest BCUT2D eigenvalue weighted by atomic mass is 16.5. The maximum Gasteiger partial charge on any atom is 0.305 e. The topological polar surface area (TPSA) is 26.3 Å². The molecule has 0 bridgehead atoms. The Morgan fingerprint density at radius 2 is 1.72 bits per heavy atom. The van der Waals surface area contributed by atoms with Gasteiger partial charge in [-0.1, -0.05) is 44.8 Å². The molecule has 104 valence electrons. The van der Waals surface area contributed by atoms with Gasteiger partial charge in [0.15, 0.2) is 0 Å². The third kappa shape index (κ3) is 11.4. The van der Waals surface area contributed by atoms with Crippen LogP contribution in [-0.4, -0.2) is 12.6 Å². The largest absolute Gasteiger partial charge is 0.465 e. The van der Waals surface area contributed by atoms with Crippen molar-refractivity contribution >= 4 is 5.97 Å². The molecule has 0 rings (SSSR count). The lowest BCUT2D eigenvalue weighted by atomic mass is 10.1. The van der Waals surface area contributed by atoms with Gasteiger partial charge in [-0.15, -0.1) is 13.2 Å². The Labute approximate surface area is 112 Å². The molecule has 0 aliphatic heterocycles. The Bertz CT molecular complexity index is 233. The molecule has 1 unspecified atom stereocenters. The highest BCUT2D eigenvalue weighted by molar-refractivity contribution is 5.69. The van der Waals surface area contributed by atoms with Gasteiger partial charge in [-0.2, -0.15) is 0 Å². The average Bonchev–Trinajstić information content (AvgIpc) is 2.39. The molecule has 2 heteroatoms. The quantitative estimate of drug-likeness (QED) is 0.287. The van der Waals surface area contributed by atoms with Crippen molar-refractivity contribution in [3.05, 3.63) is 25.3 Å². The monoisotopic (exact) mass is 252 g/mol. The molecule has 0 fully saturated rings. The summed E-state index contributed by atoms with van der Waals surface area (Å²) in [5.41, 5.74) is 0. The van der Waals surface area contributed by atoms with Crippen LogP contribution < -0.4 is 0 Å². The number of unbranched alkanes of at least 4 members (excludes halogenated alkanes) is 6. The standard InChI is InChI=1S/C16H28O2/c1-4-6-7-8-9-10-11-12-13-16(17)18-14-15(3)5-2/h4-5,15H,1-2,6-14H2,3H3. The Morgan fingerprint density at radius 1 is 1.11 bits per heavy atom. The van der Waals surface area contributed by atoms with Crippen LogP contribution in [0.25, 0.3) is 0 Å². The zero-order chi connectivity index (χ0) is 13.6. The maximum absolute atomic E-state index is 11.4. The van der Waals surface area contributed by atoms with E-state index >= 15 is 0 Å². The van der Waals surface area contributed by atoms with Crippen LogP contribution >= 0.6 is 0 Å². The molecule has 0 amide bonds. The van der Waals surface area contributed by atoms with Gasteiger partial charge < -0.3 is 4.74 Å². The Hall–Kier alpha value is -1.05. The fraction of sp³-hybridized carbons (Fsp3) is 0.688. The van der Waals surface area contributed by atoms with Crippen LogP contribution in [0.4, 0.5) is 0 Å². The van der Waals surface area contributed by atoms with Gasteiger partial charge in [0.05, 0.1) is 6.61 Å². The van der Waals surface area contributed by atoms with Gasteiger partial charge in [0.25, 0.3) is 0 Å². The highest BCUT2D eigenvalue weighted by Gasteiger charge is 2.04. The fourth-order valence-corrected chi connectivity index (χ4v) is 1.63. The number of carbonyl (C=O) groups excluding carboxylic acids is 1. The van der Waals surface area contributed by atoms with Crippen molar-refractivity contribution in [3.63, 3.8) is 0 Å². The number of allylic oxidation sites excluding steroid dienone is 1. The second-order valence-electron chi connectivity index (χ2n) is 4.84. The van der Waals surface area contributed by atoms with Crippen molar-refractivity contribution in [3.8, 4) is 0 Å². The molecule has 0 aliphatic carbocycles. The fourth-order valence-electron chi connectivity index (χ4n) is 1.63. The molecule has 1 atom stereocenters. The summed E-state index contributed by atoms with van der Waals surface area (Å²) in [4.78, 5) is 11.4. The number of hydrogen-bond acceptors (Lipinski definition) is 2. The normalized spacial score (nSPS) is 11.8. The summed E-state index contributed by atoms with van der Waals surface area (Å²) in [6.45, 7) is 9.82. The van der Waals surface area contributed by atoms with E-state index in [2.05, 4.69) is 13.2 Å². The second-order valence-corrected chi connectivity index (χ2v) is 4.84. The summed E-state index contributed by atoms with van der Waals surface area (Å²) >= 11 is 0. The van der Waals surface area contributed by atoms with E-state index < -0.39 is 0 Å². The zero-order valence-corrected chi connectivity index (χ0v) is 11.8. The first kappa shape index (κ1) is 16.9. The second kappa shape index (κ2) is 12.4. The summed E-state index contributed by atoms with van der Waals surface area (Å²) in [7, 11) is 0. The molecule has 0 saturated carbocycles. The molecular formula is C16H28O2. The zero-order valence-electron chi connectivity index (χ0n) is 11.8. The van der Waals surface area contributed by atoms with Gasteiger partial charge in [0.1, 0.15) is 0 Å². The third-order valence-electron chi connectivity index (χ3n) is 2.95. The van der Waals surface area contributed by atoms with Crippen LogP contribution in [0, 0.1) is 5.92 Å². The van der Waals surface area contributed by atoms with E-state index in [0.29, 0.717) is 13.0 Å². The first-order valence-electron chi connectivity index (χ1n) is 7.09. The molecule has 0 N–H and O–H groups in total. The molecule has 2 nitrogen and oxygen atoms in total. The summed E-state index contributed by atoms with van der Waals surface area (Å²) in [5, 5.41) is 0. The summed E-state index contributed by atoms with van der Waals surface area (Å²) < 4.78 is 5.13. The molecule has 0 radical (unpaired) electrons. The van der Waals surface area contributed by atoms with Crippen molar-refractivity contribution < 1.29 is 9.53 Å². The van der Waals surface area contributed by atoms with Gasteiger partial charge in [-0.25, -0.2) is 0 Å². The van der Waals surface area contributed by atoms with E-state index in [9.17, 15) is 4.79 Å². The summed E-state index contributed by atoms with van der Waals surface area (Å²) in [6.07, 6.45) is 12.5. The lowest BCUT2D eigenvalue weighted by molar-refractivity contribution is -0.144. The van der Waals surface area contributed by atoms with E-state index in [4.69, 9.17) is 4.74 Å². The van der Waals surface area contributed by atoms with Crippen LogP contribution in [0.1, 0.15) is 58.3 Å². The van der Waals surface area contributed by atoms with E-state index in [1.54, 1.807) is 6.08 Å². The van der Waals surface area contributed by atoms with Crippen LogP contribution in [0.2, 0.25) is 0 Å². The van der Waals surface area contributed by atoms with Crippen molar-refractivity contribution in [1.82, 2.24) is 0 Å². The van der Waals surface area contributed by atoms with E-state index in [1.807, 2.05) is 13.0 Å². The van der Waals surface area contributed by atoms with Gasteiger partial charge >= 0.3 is 5.97 Å². The molecule has 0 aromatic carbocycles. The van der Waals surface area contributed by atoms with Crippen LogP contribution in [0.3, 0.4) is 0 Å². The lowest BCUT2D eigenvalue weighted by Crippen LogP contribution is -2.10. The Morgan fingerprint density at radius 3 is 2.33 bits per heavy atom. The van der Waals surface area contributed by atoms with Crippen LogP contribution in [0.15, 0.2) is 25.3 Å². The predicted octanol–water partition coefficient (Wildman–Crippen LogP) is 4.66. The molecular weight excluding hydrogens is 224 g/mol. The Balaban J connectivity index is 3.25. The van der Waals surface area contributed by atoms with Gasteiger partial charge in [0, 0.05) is 12.3 Å². The lowest BCUT2D eigenvalue weighted by Gasteiger charge is -2.07. The average molecular weight is 252 g/mol. The molecule has 18 heavy (non-hydrogen) atoms. The number of ether oxygens (including phenoxy) is 1. The minimum Gasteiger partial charge on any atom is -0.465 e. The number of rotatable bonds is 12. The highest BCUT2D eigenvalue weighted by Crippen LogP contribution is 2.09. The van der Waals surface area contributed by atoms with Crippen LogP contribution in [0.5, 0.6) is 0 Å². The summed E-state index contributed by atoms with van der Waals surface area (Å²) in [6, 6.07) is 0. The Kier molecular flexibility index (Phi) is 11.7. The van der Waals surface area contributed by atoms with Crippen molar-refractivity contribution in [2.24, 2.45) is 5.92 Å². The van der Waals surface area contributed by atoms with Crippen molar-refractivity contribution in [2.75, 3.05) is 6.61 Å². The maximum atomic E-state index is 11.4. The predicted molar refractivity (Wildman–Crippen MR) is 77.5 cm³/mol. The van der Waals surface area contributed by atoms with Crippen molar-refractivity contribution in [2.45, 2.75) is 58.3 Å². The molecule has 0 saturated heterocycles. The minimum atomic E-state index is -0.0737. The van der Waals surface area contributed by atoms with Gasteiger partial charge in [-0.05, 0) is 19.3 Å². The molecule has 0 heterocycles. The van der Waals surface area contributed by atoms with E-state index in [-0.39, 0.29) is 11.9 Å².